The minimum Gasteiger partial charge on any atom is -0.492 e. The first-order chi connectivity index (χ1) is 14.0. The van der Waals surface area contributed by atoms with Gasteiger partial charge in [-0.15, -0.1) is 0 Å². The second-order valence-corrected chi connectivity index (χ2v) is 8.10. The zero-order valence-corrected chi connectivity index (χ0v) is 17.2. The van der Waals surface area contributed by atoms with Crippen LogP contribution in [-0.4, -0.2) is 33.3 Å². The first-order valence-corrected chi connectivity index (χ1v) is 10.4. The quantitative estimate of drug-likeness (QED) is 0.530. The molecular weight excluding hydrogens is 384 g/mol. The van der Waals surface area contributed by atoms with E-state index in [1.807, 2.05) is 74.7 Å². The van der Waals surface area contributed by atoms with Crippen LogP contribution in [0.2, 0.25) is 0 Å². The molecule has 0 saturated carbocycles. The Balaban J connectivity index is 1.59. The summed E-state index contributed by atoms with van der Waals surface area (Å²) in [6, 6.07) is 17.6. The second kappa shape index (κ2) is 8.17. The number of rotatable bonds is 6. The summed E-state index contributed by atoms with van der Waals surface area (Å²) in [4.78, 5) is 26.6. The van der Waals surface area contributed by atoms with Crippen LogP contribution >= 0.6 is 11.8 Å². The van der Waals surface area contributed by atoms with Gasteiger partial charge in [0.25, 0.3) is 11.1 Å². The van der Waals surface area contributed by atoms with Gasteiger partial charge in [0, 0.05) is 28.7 Å². The fourth-order valence-corrected chi connectivity index (χ4v) is 4.37. The summed E-state index contributed by atoms with van der Waals surface area (Å²) >= 11 is 1.00. The number of aromatic nitrogens is 1. The van der Waals surface area contributed by atoms with E-state index in [9.17, 15) is 9.59 Å². The maximum absolute atomic E-state index is 12.6. The minimum atomic E-state index is -0.223. The molecule has 0 spiro atoms. The number of carbonyl (C=O) groups excluding carboxylic acids is 2. The third-order valence-corrected chi connectivity index (χ3v) is 5.67. The molecule has 2 aromatic carbocycles. The summed E-state index contributed by atoms with van der Waals surface area (Å²) in [5, 5.41) is 0.833. The van der Waals surface area contributed by atoms with E-state index in [2.05, 4.69) is 10.6 Å². The predicted molar refractivity (Wildman–Crippen MR) is 117 cm³/mol. The van der Waals surface area contributed by atoms with Crippen LogP contribution in [0.5, 0.6) is 5.75 Å². The Morgan fingerprint density at radius 2 is 1.76 bits per heavy atom. The third kappa shape index (κ3) is 3.93. The molecule has 2 amide bonds. The molecule has 3 aromatic rings. The molecule has 0 aliphatic carbocycles. The van der Waals surface area contributed by atoms with E-state index in [0.29, 0.717) is 18.1 Å². The van der Waals surface area contributed by atoms with E-state index in [-0.39, 0.29) is 17.2 Å². The number of hydrogen-bond acceptors (Lipinski definition) is 4. The van der Waals surface area contributed by atoms with Gasteiger partial charge in [0.15, 0.2) is 0 Å². The molecule has 1 fully saturated rings. The van der Waals surface area contributed by atoms with Gasteiger partial charge in [-0.2, -0.15) is 0 Å². The Morgan fingerprint density at radius 1 is 1.03 bits per heavy atom. The normalized spacial score (nSPS) is 15.8. The van der Waals surface area contributed by atoms with Crippen LogP contribution < -0.4 is 4.74 Å². The van der Waals surface area contributed by atoms with Gasteiger partial charge in [-0.1, -0.05) is 36.4 Å². The van der Waals surface area contributed by atoms with Crippen LogP contribution in [0.1, 0.15) is 19.4 Å². The van der Waals surface area contributed by atoms with Crippen molar-refractivity contribution in [3.8, 4) is 5.75 Å². The zero-order chi connectivity index (χ0) is 20.4. The first kappa shape index (κ1) is 19.3. The number of fused-ring (bicyclic) bond motifs is 1. The number of imide groups is 1. The summed E-state index contributed by atoms with van der Waals surface area (Å²) in [5.41, 5.74) is 1.99. The van der Waals surface area contributed by atoms with Crippen LogP contribution in [0.25, 0.3) is 17.0 Å². The molecule has 0 atom stereocenters. The molecule has 0 radical (unpaired) electrons. The van der Waals surface area contributed by atoms with Gasteiger partial charge in [0.05, 0.1) is 11.4 Å². The topological polar surface area (TPSA) is 51.5 Å². The smallest absolute Gasteiger partial charge is 0.293 e. The van der Waals surface area contributed by atoms with Crippen LogP contribution in [0, 0.1) is 0 Å². The molecule has 2 heterocycles. The Morgan fingerprint density at radius 3 is 2.48 bits per heavy atom. The third-order valence-electron chi connectivity index (χ3n) is 4.79. The molecule has 0 unspecified atom stereocenters. The lowest BCUT2D eigenvalue weighted by molar-refractivity contribution is -0.123. The summed E-state index contributed by atoms with van der Waals surface area (Å²) in [7, 11) is 0. The van der Waals surface area contributed by atoms with Gasteiger partial charge in [-0.05, 0) is 49.9 Å². The highest BCUT2D eigenvalue weighted by molar-refractivity contribution is 8.18. The highest BCUT2D eigenvalue weighted by Gasteiger charge is 2.36. The second-order valence-electron chi connectivity index (χ2n) is 7.10. The van der Waals surface area contributed by atoms with Gasteiger partial charge in [0.2, 0.25) is 0 Å². The molecule has 0 N–H and O–H groups in total. The Hall–Kier alpha value is -2.99. The highest BCUT2D eigenvalue weighted by Crippen LogP contribution is 2.35. The molecule has 29 heavy (non-hydrogen) atoms. The van der Waals surface area contributed by atoms with Crippen LogP contribution in [0.15, 0.2) is 65.7 Å². The summed E-state index contributed by atoms with van der Waals surface area (Å²) in [5.74, 6) is 0.616. The monoisotopic (exact) mass is 406 g/mol. The van der Waals surface area contributed by atoms with Crippen molar-refractivity contribution in [1.82, 2.24) is 9.47 Å². The number of nitrogens with zero attached hydrogens (tertiary/aromatic N) is 2. The summed E-state index contributed by atoms with van der Waals surface area (Å²) in [6.07, 6.45) is 3.84. The number of ether oxygens (including phenoxy) is 1. The Kier molecular flexibility index (Phi) is 5.45. The van der Waals surface area contributed by atoms with E-state index >= 15 is 0 Å². The number of hydrogen-bond donors (Lipinski definition) is 0. The van der Waals surface area contributed by atoms with E-state index in [4.69, 9.17) is 4.74 Å². The summed E-state index contributed by atoms with van der Waals surface area (Å²) < 4.78 is 7.95. The molecule has 1 aliphatic heterocycles. The van der Waals surface area contributed by atoms with Crippen molar-refractivity contribution in [2.75, 3.05) is 6.61 Å². The van der Waals surface area contributed by atoms with E-state index in [1.165, 1.54) is 4.90 Å². The van der Waals surface area contributed by atoms with Gasteiger partial charge in [0.1, 0.15) is 12.4 Å². The van der Waals surface area contributed by atoms with Crippen molar-refractivity contribution >= 4 is 39.9 Å². The molecule has 1 aromatic heterocycles. The first-order valence-electron chi connectivity index (χ1n) is 9.57. The lowest BCUT2D eigenvalue weighted by Gasteiger charge is -2.16. The molecular formula is C23H22N2O3S. The number of benzene rings is 2. The molecule has 0 bridgehead atoms. The predicted octanol–water partition coefficient (Wildman–Crippen LogP) is 5.17. The lowest BCUT2D eigenvalue weighted by Crippen LogP contribution is -2.34. The molecule has 4 rings (SSSR count). The SMILES string of the molecule is CC(C)N1C(=O)S/C(=C\c2cn(CCOc3ccccc3)c3ccccc23)C1=O. The van der Waals surface area contributed by atoms with Crippen molar-refractivity contribution in [1.29, 1.82) is 0 Å². The number of thioether (sulfide) groups is 1. The van der Waals surface area contributed by atoms with Crippen LogP contribution in [-0.2, 0) is 11.3 Å². The van der Waals surface area contributed by atoms with Gasteiger partial charge in [-0.25, -0.2) is 0 Å². The number of para-hydroxylation sites is 2. The van der Waals surface area contributed by atoms with Gasteiger partial charge < -0.3 is 9.30 Å². The van der Waals surface area contributed by atoms with Crippen LogP contribution in [0.3, 0.4) is 0 Å². The van der Waals surface area contributed by atoms with Crippen molar-refractivity contribution < 1.29 is 14.3 Å². The number of carbonyl (C=O) groups is 2. The van der Waals surface area contributed by atoms with E-state index in [1.54, 1.807) is 0 Å². The van der Waals surface area contributed by atoms with Crippen LogP contribution in [0.4, 0.5) is 4.79 Å². The number of amides is 2. The highest BCUT2D eigenvalue weighted by atomic mass is 32.2. The van der Waals surface area contributed by atoms with Crippen molar-refractivity contribution in [3.05, 3.63) is 71.3 Å². The van der Waals surface area contributed by atoms with Crippen molar-refractivity contribution in [3.63, 3.8) is 0 Å². The van der Waals surface area contributed by atoms with Gasteiger partial charge in [-0.3, -0.25) is 14.5 Å². The molecule has 6 heteroatoms. The van der Waals surface area contributed by atoms with Gasteiger partial charge >= 0.3 is 0 Å². The fraction of sp³-hybridized carbons (Fsp3) is 0.217. The van der Waals surface area contributed by atoms with E-state index < -0.39 is 0 Å². The lowest BCUT2D eigenvalue weighted by atomic mass is 10.1. The summed E-state index contributed by atoms with van der Waals surface area (Å²) in [6.45, 7) is 4.90. The van der Waals surface area contributed by atoms with Crippen molar-refractivity contribution in [2.24, 2.45) is 0 Å². The zero-order valence-electron chi connectivity index (χ0n) is 16.4. The largest absolute Gasteiger partial charge is 0.492 e. The fourth-order valence-electron chi connectivity index (χ4n) is 3.42. The Labute approximate surface area is 173 Å². The standard InChI is InChI=1S/C23H22N2O3S/c1-16(2)25-22(26)21(29-23(25)27)14-17-15-24(20-11-7-6-10-19(17)20)12-13-28-18-8-4-3-5-9-18/h3-11,14-16H,12-13H2,1-2H3/b21-14-. The maximum Gasteiger partial charge on any atom is 0.293 e. The average molecular weight is 407 g/mol. The van der Waals surface area contributed by atoms with Crippen molar-refractivity contribution in [2.45, 2.75) is 26.4 Å². The Bertz CT molecular complexity index is 1090. The average Bonchev–Trinajstić information content (AvgIpc) is 3.20. The maximum atomic E-state index is 12.6. The molecule has 1 saturated heterocycles. The molecule has 148 valence electrons. The van der Waals surface area contributed by atoms with E-state index in [0.717, 1.165) is 34.0 Å². The minimum absolute atomic E-state index is 0.148. The molecule has 1 aliphatic rings. The molecule has 5 nitrogen and oxygen atoms in total.